The first kappa shape index (κ1) is 79.9. The minimum Gasteiger partial charge on any atom is -0.386 e. The summed E-state index contributed by atoms with van der Waals surface area (Å²) < 4.78 is 154. The Kier molecular flexibility index (Phi) is 28.0. The maximum absolute atomic E-state index is 13.7. The SMILES string of the molecule is CC(C)(c1ccc(O[P+](=O)Oc2ccccc2)cc1)c1ccc(OP(=O)(Oc2ccccc2)Oc2ccccc2)cc1.Cc1cccc(C)c1O[P+](=O)Oc1cccc(O[P+](=O)Oc2c(C)cccc2C)c1.O=[P+](Oc1ccccc1)Oc1ccc(-c2ccc(OP(=O)(Oc3ccccc3)Oc3ccccc3)cc2)cc1. The van der Waals surface area contributed by atoms with Crippen molar-refractivity contribution in [3.8, 4) is 91.6 Å². The Labute approximate surface area is 647 Å². The van der Waals surface area contributed by atoms with E-state index in [1.165, 1.54) is 6.07 Å². The number of rotatable bonds is 31. The number of hydrogen-bond acceptors (Lipinski definition) is 20. The van der Waals surface area contributed by atoms with Gasteiger partial charge in [0.2, 0.25) is 0 Å². The zero-order valence-corrected chi connectivity index (χ0v) is 66.0. The van der Waals surface area contributed by atoms with Crippen LogP contribution in [0.5, 0.6) is 80.5 Å². The third kappa shape index (κ3) is 24.5. The van der Waals surface area contributed by atoms with Crippen molar-refractivity contribution in [1.29, 1.82) is 0 Å². The van der Waals surface area contributed by atoms with Crippen LogP contribution >= 0.6 is 48.7 Å². The molecule has 0 aromatic heterocycles. The highest BCUT2D eigenvalue weighted by atomic mass is 31.2. The van der Waals surface area contributed by atoms with Gasteiger partial charge in [-0.3, -0.25) is 0 Å². The van der Waals surface area contributed by atoms with E-state index in [1.807, 2.05) is 149 Å². The highest BCUT2D eigenvalue weighted by Crippen LogP contribution is 2.52. The van der Waals surface area contributed by atoms with Crippen molar-refractivity contribution in [2.24, 2.45) is 0 Å². The van der Waals surface area contributed by atoms with Gasteiger partial charge in [0.1, 0.15) is 34.5 Å². The van der Waals surface area contributed by atoms with Gasteiger partial charge in [0.25, 0.3) is 0 Å². The lowest BCUT2D eigenvalue weighted by Gasteiger charge is -2.26. The van der Waals surface area contributed by atoms with Crippen LogP contribution in [0.3, 0.4) is 0 Å². The number of phosphoric acid groups is 2. The molecular formula is C85H74O20P6+4. The first-order chi connectivity index (χ1) is 53.7. The summed E-state index contributed by atoms with van der Waals surface area (Å²) in [6.07, 6.45) is 0. The van der Waals surface area contributed by atoms with Crippen molar-refractivity contribution in [1.82, 2.24) is 0 Å². The number of para-hydroxylation sites is 8. The molecule has 0 radical (unpaired) electrons. The minimum absolute atomic E-state index is 0.260. The third-order valence-corrected chi connectivity index (χ3v) is 21.4. The Morgan fingerprint density at radius 2 is 0.423 bits per heavy atom. The Morgan fingerprint density at radius 1 is 0.225 bits per heavy atom. The second-order valence-electron chi connectivity index (χ2n) is 24.6. The van der Waals surface area contributed by atoms with Crippen LogP contribution in [-0.4, -0.2) is 0 Å². The van der Waals surface area contributed by atoms with E-state index in [1.54, 1.807) is 212 Å². The van der Waals surface area contributed by atoms with Gasteiger partial charge < -0.3 is 27.1 Å². The molecule has 560 valence electrons. The minimum atomic E-state index is -4.09. The molecule has 13 aromatic carbocycles. The summed E-state index contributed by atoms with van der Waals surface area (Å²) in [5.74, 6) is 5.41. The summed E-state index contributed by atoms with van der Waals surface area (Å²) in [5.41, 5.74) is 6.81. The Morgan fingerprint density at radius 3 is 0.712 bits per heavy atom. The molecule has 0 aliphatic rings. The van der Waals surface area contributed by atoms with Crippen molar-refractivity contribution < 1.29 is 90.7 Å². The van der Waals surface area contributed by atoms with E-state index >= 15 is 0 Å². The van der Waals surface area contributed by atoms with Crippen LogP contribution in [-0.2, 0) is 32.8 Å². The summed E-state index contributed by atoms with van der Waals surface area (Å²) in [5, 5.41) is 0. The largest absolute Gasteiger partial charge is 0.805 e. The van der Waals surface area contributed by atoms with Gasteiger partial charge in [-0.2, -0.15) is 9.13 Å². The Bertz CT molecular complexity index is 5120. The maximum Gasteiger partial charge on any atom is 0.805 e. The topological polar surface area (TPSA) is 232 Å². The second kappa shape index (κ2) is 38.8. The van der Waals surface area contributed by atoms with Crippen LogP contribution < -0.4 is 63.3 Å². The number of hydrogen-bond donors (Lipinski definition) is 0. The van der Waals surface area contributed by atoms with Crippen molar-refractivity contribution >= 4 is 48.7 Å². The molecule has 26 heteroatoms. The smallest absolute Gasteiger partial charge is 0.386 e. The summed E-state index contributed by atoms with van der Waals surface area (Å²) in [7, 11) is -17.8. The molecule has 4 unspecified atom stereocenters. The van der Waals surface area contributed by atoms with Crippen LogP contribution in [0.1, 0.15) is 47.2 Å². The number of phosphoric ester groups is 2. The van der Waals surface area contributed by atoms with Crippen LogP contribution in [0.4, 0.5) is 0 Å². The first-order valence-electron chi connectivity index (χ1n) is 34.3. The molecule has 0 aliphatic heterocycles. The second-order valence-corrected chi connectivity index (χ2v) is 30.7. The van der Waals surface area contributed by atoms with Crippen LogP contribution in [0.2, 0.25) is 0 Å². The van der Waals surface area contributed by atoms with Gasteiger partial charge in [0, 0.05) is 29.7 Å². The van der Waals surface area contributed by atoms with Gasteiger partial charge in [0.05, 0.1) is 0 Å². The zero-order chi connectivity index (χ0) is 78.0. The lowest BCUT2D eigenvalue weighted by atomic mass is 9.78. The molecule has 0 aliphatic carbocycles. The average molecular weight is 1600 g/mol. The molecule has 13 rings (SSSR count). The van der Waals surface area contributed by atoms with E-state index in [9.17, 15) is 27.4 Å². The molecule has 0 bridgehead atoms. The average Bonchev–Trinajstić information content (AvgIpc) is 0.812. The van der Waals surface area contributed by atoms with E-state index in [0.29, 0.717) is 69.0 Å². The fourth-order valence-corrected chi connectivity index (χ4v) is 15.7. The molecule has 0 spiro atoms. The van der Waals surface area contributed by atoms with Gasteiger partial charge in [-0.05, 0) is 206 Å². The van der Waals surface area contributed by atoms with Gasteiger partial charge >= 0.3 is 48.7 Å². The standard InChI is InChI=1S/C33H29O7P2.C30H23O7P2.C22H22O6P2/c1-33(2,26-18-22-29(23-19-26)37-41(34)36-28-12-6-3-7-13-28)27-20-24-32(25-21-27)40-42(35,38-30-14-8-4-9-15-30)39-31-16-10-5-11-17-31;31-38(33-26-10-4-1-5-11-26)34-27-20-16-24(17-21-27)25-18-22-30(23-19-25)37-39(32,35-28-12-6-2-7-13-28)36-29-14-8-3-9-15-29;1-15-8-5-9-16(2)21(15)27-29(23)25-19-12-7-13-20(14-19)26-30(24)28-22-17(3)10-6-11-18(22)4/h3-25H,1-2H3;1-23H;5-14H,1-4H3/q2*+1;+2. The van der Waals surface area contributed by atoms with Crippen LogP contribution in [0, 0.1) is 27.7 Å². The third-order valence-electron chi connectivity index (χ3n) is 16.0. The summed E-state index contributed by atoms with van der Waals surface area (Å²) in [6.45, 7) is 11.6. The molecule has 0 heterocycles. The maximum atomic E-state index is 13.7. The predicted molar refractivity (Wildman–Crippen MR) is 428 cm³/mol. The molecule has 4 atom stereocenters. The fourth-order valence-electron chi connectivity index (χ4n) is 10.4. The highest BCUT2D eigenvalue weighted by Gasteiger charge is 2.36. The lowest BCUT2D eigenvalue weighted by molar-refractivity contribution is 0.296. The summed E-state index contributed by atoms with van der Waals surface area (Å²) in [6, 6.07) is 98.8. The number of benzene rings is 13. The summed E-state index contributed by atoms with van der Waals surface area (Å²) in [4.78, 5) is 0. The molecule has 0 fully saturated rings. The Hall–Kier alpha value is -12.1. The van der Waals surface area contributed by atoms with Gasteiger partial charge in [-0.1, -0.05) is 214 Å². The van der Waals surface area contributed by atoms with Crippen LogP contribution in [0.25, 0.3) is 11.1 Å². The molecule has 0 saturated carbocycles. The molecular weight excluding hydrogens is 1530 g/mol. The first-order valence-corrected chi connectivity index (χ1v) is 41.6. The van der Waals surface area contributed by atoms with E-state index in [2.05, 4.69) is 13.8 Å². The zero-order valence-electron chi connectivity index (χ0n) is 60.7. The van der Waals surface area contributed by atoms with Gasteiger partial charge in [-0.15, -0.1) is 0 Å². The van der Waals surface area contributed by atoms with E-state index < -0.39 is 54.1 Å². The van der Waals surface area contributed by atoms with Crippen molar-refractivity contribution in [2.45, 2.75) is 47.0 Å². The molecule has 0 amide bonds. The molecule has 0 saturated heterocycles. The highest BCUT2D eigenvalue weighted by molar-refractivity contribution is 7.50. The summed E-state index contributed by atoms with van der Waals surface area (Å²) >= 11 is 0. The predicted octanol–water partition coefficient (Wildman–Crippen LogP) is 26.0. The molecule has 20 nitrogen and oxygen atoms in total. The van der Waals surface area contributed by atoms with Crippen LogP contribution in [0.15, 0.2) is 340 Å². The molecule has 0 N–H and O–H groups in total. The quantitative estimate of drug-likeness (QED) is 0.0367. The lowest BCUT2D eigenvalue weighted by Crippen LogP contribution is -2.18. The van der Waals surface area contributed by atoms with Gasteiger partial charge in [-0.25, -0.2) is 36.2 Å². The van der Waals surface area contributed by atoms with Crippen molar-refractivity contribution in [3.05, 3.63) is 373 Å². The Balaban J connectivity index is 0.000000167. The van der Waals surface area contributed by atoms with E-state index in [0.717, 1.165) is 44.5 Å². The number of aryl methyl sites for hydroxylation is 4. The van der Waals surface area contributed by atoms with E-state index in [-0.39, 0.29) is 11.5 Å². The monoisotopic (exact) mass is 1600 g/mol. The van der Waals surface area contributed by atoms with Crippen molar-refractivity contribution in [2.75, 3.05) is 0 Å². The normalized spacial score (nSPS) is 11.5. The van der Waals surface area contributed by atoms with Gasteiger partial charge in [0.15, 0.2) is 46.0 Å². The molecule has 13 aromatic rings. The molecule has 111 heavy (non-hydrogen) atoms. The fraction of sp³-hybridized carbons (Fsp3) is 0.0824. The van der Waals surface area contributed by atoms with Crippen molar-refractivity contribution in [3.63, 3.8) is 0 Å². The van der Waals surface area contributed by atoms with E-state index in [4.69, 9.17) is 63.3 Å².